The van der Waals surface area contributed by atoms with Gasteiger partial charge in [0.25, 0.3) is 0 Å². The summed E-state index contributed by atoms with van der Waals surface area (Å²) in [6.07, 6.45) is 0.969. The van der Waals surface area contributed by atoms with Crippen LogP contribution in [0.25, 0.3) is 0 Å². The van der Waals surface area contributed by atoms with Crippen LogP contribution in [0.5, 0.6) is 11.5 Å². The molecule has 2 unspecified atom stereocenters. The topological polar surface area (TPSA) is 44.5 Å². The summed E-state index contributed by atoms with van der Waals surface area (Å²) in [7, 11) is 3.33. The maximum absolute atomic E-state index is 6.11. The lowest BCUT2D eigenvalue weighted by Crippen LogP contribution is -2.13. The van der Waals surface area contributed by atoms with Crippen LogP contribution in [-0.4, -0.2) is 14.2 Å². The van der Waals surface area contributed by atoms with Crippen molar-refractivity contribution in [1.29, 1.82) is 0 Å². The summed E-state index contributed by atoms with van der Waals surface area (Å²) in [5.74, 6) is 2.10. The molecule has 2 rings (SSSR count). The van der Waals surface area contributed by atoms with Gasteiger partial charge in [0, 0.05) is 11.6 Å². The Kier molecular flexibility index (Phi) is 2.57. The van der Waals surface area contributed by atoms with Crippen molar-refractivity contribution in [3.05, 3.63) is 23.3 Å². The number of methoxy groups -OCH3 is 2. The van der Waals surface area contributed by atoms with Crippen molar-refractivity contribution in [2.45, 2.75) is 19.4 Å². The van der Waals surface area contributed by atoms with Crippen molar-refractivity contribution in [2.75, 3.05) is 14.2 Å². The molecule has 1 aliphatic rings. The van der Waals surface area contributed by atoms with Gasteiger partial charge in [0.2, 0.25) is 0 Å². The molecular formula is C12H17NO2. The second-order valence-electron chi connectivity index (χ2n) is 4.08. The van der Waals surface area contributed by atoms with Crippen molar-refractivity contribution < 1.29 is 9.47 Å². The van der Waals surface area contributed by atoms with Crippen LogP contribution in [0.1, 0.15) is 24.1 Å². The largest absolute Gasteiger partial charge is 0.493 e. The number of fused-ring (bicyclic) bond motifs is 1. The van der Waals surface area contributed by atoms with Gasteiger partial charge in [-0.2, -0.15) is 0 Å². The third kappa shape index (κ3) is 1.47. The van der Waals surface area contributed by atoms with Crippen LogP contribution in [-0.2, 0) is 6.42 Å². The second kappa shape index (κ2) is 3.74. The number of benzene rings is 1. The number of hydrogen-bond acceptors (Lipinski definition) is 3. The van der Waals surface area contributed by atoms with E-state index in [1.165, 1.54) is 11.1 Å². The van der Waals surface area contributed by atoms with Crippen LogP contribution in [0, 0.1) is 5.92 Å². The molecule has 1 aromatic carbocycles. The second-order valence-corrected chi connectivity index (χ2v) is 4.08. The van der Waals surface area contributed by atoms with Crippen molar-refractivity contribution in [3.63, 3.8) is 0 Å². The first-order valence-electron chi connectivity index (χ1n) is 5.18. The van der Waals surface area contributed by atoms with Crippen LogP contribution in [0.2, 0.25) is 0 Å². The van der Waals surface area contributed by atoms with Crippen molar-refractivity contribution in [1.82, 2.24) is 0 Å². The van der Waals surface area contributed by atoms with Gasteiger partial charge in [0.1, 0.15) is 0 Å². The highest BCUT2D eigenvalue weighted by Gasteiger charge is 2.30. The minimum atomic E-state index is 0.125. The fraction of sp³-hybridized carbons (Fsp3) is 0.500. The first-order chi connectivity index (χ1) is 7.19. The molecule has 1 aromatic rings. The molecule has 2 N–H and O–H groups in total. The fourth-order valence-electron chi connectivity index (χ4n) is 2.28. The highest BCUT2D eigenvalue weighted by molar-refractivity contribution is 5.54. The number of rotatable bonds is 2. The Morgan fingerprint density at radius 3 is 2.60 bits per heavy atom. The van der Waals surface area contributed by atoms with Crippen LogP contribution in [0.15, 0.2) is 12.1 Å². The predicted molar refractivity (Wildman–Crippen MR) is 59.3 cm³/mol. The Morgan fingerprint density at radius 1 is 1.27 bits per heavy atom. The third-order valence-electron chi connectivity index (χ3n) is 3.18. The highest BCUT2D eigenvalue weighted by atomic mass is 16.5. The Hall–Kier alpha value is -1.22. The lowest BCUT2D eigenvalue weighted by atomic mass is 10.0. The SMILES string of the molecule is COc1ccc2c(c1OC)CC(C)C2N. The first kappa shape index (κ1) is 10.3. The zero-order valence-corrected chi connectivity index (χ0v) is 9.41. The summed E-state index contributed by atoms with van der Waals surface area (Å²) in [5.41, 5.74) is 8.51. The molecule has 0 saturated heterocycles. The summed E-state index contributed by atoms with van der Waals surface area (Å²) >= 11 is 0. The monoisotopic (exact) mass is 207 g/mol. The zero-order chi connectivity index (χ0) is 11.0. The van der Waals surface area contributed by atoms with Gasteiger partial charge in [-0.3, -0.25) is 0 Å². The van der Waals surface area contributed by atoms with E-state index in [0.717, 1.165) is 17.9 Å². The molecule has 3 nitrogen and oxygen atoms in total. The van der Waals surface area contributed by atoms with Crippen LogP contribution in [0.4, 0.5) is 0 Å². The molecule has 0 spiro atoms. The maximum Gasteiger partial charge on any atom is 0.164 e. The standard InChI is InChI=1S/C12H17NO2/c1-7-6-9-8(11(7)13)4-5-10(14-2)12(9)15-3/h4-5,7,11H,6,13H2,1-3H3. The molecule has 2 atom stereocenters. The average molecular weight is 207 g/mol. The van der Waals surface area contributed by atoms with Crippen LogP contribution in [0.3, 0.4) is 0 Å². The molecule has 0 radical (unpaired) electrons. The van der Waals surface area contributed by atoms with Gasteiger partial charge in [0.05, 0.1) is 14.2 Å². The highest BCUT2D eigenvalue weighted by Crippen LogP contribution is 2.43. The van der Waals surface area contributed by atoms with Gasteiger partial charge in [-0.15, -0.1) is 0 Å². The Balaban J connectivity index is 2.54. The van der Waals surface area contributed by atoms with E-state index in [1.807, 2.05) is 12.1 Å². The van der Waals surface area contributed by atoms with E-state index >= 15 is 0 Å². The van der Waals surface area contributed by atoms with Gasteiger partial charge in [-0.05, 0) is 24.0 Å². The Labute approximate surface area is 90.2 Å². The minimum Gasteiger partial charge on any atom is -0.493 e. The van der Waals surface area contributed by atoms with Crippen LogP contribution < -0.4 is 15.2 Å². The maximum atomic E-state index is 6.11. The van der Waals surface area contributed by atoms with Gasteiger partial charge >= 0.3 is 0 Å². The minimum absolute atomic E-state index is 0.125. The van der Waals surface area contributed by atoms with Gasteiger partial charge in [0.15, 0.2) is 11.5 Å². The molecule has 0 heterocycles. The molecule has 0 fully saturated rings. The average Bonchev–Trinajstić information content (AvgIpc) is 2.54. The molecule has 0 aliphatic heterocycles. The molecule has 0 aromatic heterocycles. The Morgan fingerprint density at radius 2 is 2.00 bits per heavy atom. The summed E-state index contributed by atoms with van der Waals surface area (Å²) in [6.45, 7) is 2.16. The van der Waals surface area contributed by atoms with E-state index in [1.54, 1.807) is 14.2 Å². The normalized spacial score (nSPS) is 23.7. The number of hydrogen-bond donors (Lipinski definition) is 1. The number of nitrogens with two attached hydrogens (primary N) is 1. The van der Waals surface area contributed by atoms with E-state index in [9.17, 15) is 0 Å². The van der Waals surface area contributed by atoms with E-state index in [-0.39, 0.29) is 6.04 Å². The Bertz CT molecular complexity index is 376. The molecule has 82 valence electrons. The van der Waals surface area contributed by atoms with Gasteiger partial charge in [-0.1, -0.05) is 13.0 Å². The van der Waals surface area contributed by atoms with E-state index in [2.05, 4.69) is 6.92 Å². The summed E-state index contributed by atoms with van der Waals surface area (Å²) < 4.78 is 10.7. The molecule has 15 heavy (non-hydrogen) atoms. The van der Waals surface area contributed by atoms with Crippen molar-refractivity contribution >= 4 is 0 Å². The lowest BCUT2D eigenvalue weighted by Gasteiger charge is -2.13. The molecule has 1 aliphatic carbocycles. The van der Waals surface area contributed by atoms with Gasteiger partial charge < -0.3 is 15.2 Å². The molecular weight excluding hydrogens is 190 g/mol. The quantitative estimate of drug-likeness (QED) is 0.805. The van der Waals surface area contributed by atoms with Gasteiger partial charge in [-0.25, -0.2) is 0 Å². The smallest absolute Gasteiger partial charge is 0.164 e. The first-order valence-corrected chi connectivity index (χ1v) is 5.18. The lowest BCUT2D eigenvalue weighted by molar-refractivity contribution is 0.351. The van der Waals surface area contributed by atoms with E-state index in [0.29, 0.717) is 5.92 Å². The van der Waals surface area contributed by atoms with Crippen LogP contribution >= 0.6 is 0 Å². The fourth-order valence-corrected chi connectivity index (χ4v) is 2.28. The predicted octanol–water partition coefficient (Wildman–Crippen LogP) is 1.90. The summed E-state index contributed by atoms with van der Waals surface area (Å²) in [6, 6.07) is 4.10. The zero-order valence-electron chi connectivity index (χ0n) is 9.41. The van der Waals surface area contributed by atoms with Crippen molar-refractivity contribution in [3.8, 4) is 11.5 Å². The van der Waals surface area contributed by atoms with E-state index < -0.39 is 0 Å². The molecule has 0 bridgehead atoms. The van der Waals surface area contributed by atoms with Crippen molar-refractivity contribution in [2.24, 2.45) is 11.7 Å². The number of ether oxygens (including phenoxy) is 2. The summed E-state index contributed by atoms with van der Waals surface area (Å²) in [4.78, 5) is 0. The molecule has 3 heteroatoms. The van der Waals surface area contributed by atoms with E-state index in [4.69, 9.17) is 15.2 Å². The third-order valence-corrected chi connectivity index (χ3v) is 3.18. The summed E-state index contributed by atoms with van der Waals surface area (Å²) in [5, 5.41) is 0. The molecule has 0 saturated carbocycles. The molecule has 0 amide bonds.